The summed E-state index contributed by atoms with van der Waals surface area (Å²) in [5, 5.41) is 4.11. The largest absolute Gasteiger partial charge is 0.405 e. The SMILES string of the molecule is CSCC(C)CNC(=O)NCC(F)(F)F. The molecule has 0 spiro atoms. The van der Waals surface area contributed by atoms with Crippen LogP contribution in [0.3, 0.4) is 0 Å². The number of amides is 2. The molecule has 0 bridgehead atoms. The topological polar surface area (TPSA) is 41.1 Å². The zero-order chi connectivity index (χ0) is 11.9. The number of rotatable bonds is 5. The molecule has 7 heteroatoms. The molecule has 0 aliphatic carbocycles. The van der Waals surface area contributed by atoms with Gasteiger partial charge in [-0.05, 0) is 17.9 Å². The van der Waals surface area contributed by atoms with E-state index in [2.05, 4.69) is 5.32 Å². The maximum atomic E-state index is 11.7. The summed E-state index contributed by atoms with van der Waals surface area (Å²) in [5.74, 6) is 1.11. The van der Waals surface area contributed by atoms with Crippen molar-refractivity contribution in [2.24, 2.45) is 5.92 Å². The summed E-state index contributed by atoms with van der Waals surface area (Å²) in [6.45, 7) is 1.00. The number of hydrogen-bond acceptors (Lipinski definition) is 2. The second kappa shape index (κ2) is 6.81. The molecule has 15 heavy (non-hydrogen) atoms. The monoisotopic (exact) mass is 244 g/mol. The molecule has 0 saturated carbocycles. The van der Waals surface area contributed by atoms with Gasteiger partial charge in [0.15, 0.2) is 0 Å². The Bertz CT molecular complexity index is 199. The first-order valence-corrected chi connectivity index (χ1v) is 5.82. The van der Waals surface area contributed by atoms with Crippen LogP contribution in [0.5, 0.6) is 0 Å². The molecule has 0 rings (SSSR count). The molecule has 0 heterocycles. The van der Waals surface area contributed by atoms with Crippen molar-refractivity contribution in [2.45, 2.75) is 13.1 Å². The van der Waals surface area contributed by atoms with Crippen LogP contribution in [-0.2, 0) is 0 Å². The fourth-order valence-corrected chi connectivity index (χ4v) is 1.54. The van der Waals surface area contributed by atoms with Gasteiger partial charge in [-0.3, -0.25) is 0 Å². The van der Waals surface area contributed by atoms with E-state index in [-0.39, 0.29) is 5.92 Å². The van der Waals surface area contributed by atoms with Gasteiger partial charge in [0.25, 0.3) is 0 Å². The lowest BCUT2D eigenvalue weighted by Gasteiger charge is -2.12. The van der Waals surface area contributed by atoms with E-state index in [9.17, 15) is 18.0 Å². The minimum absolute atomic E-state index is 0.247. The predicted molar refractivity (Wildman–Crippen MR) is 55.0 cm³/mol. The molecular weight excluding hydrogens is 229 g/mol. The number of hydrogen-bond donors (Lipinski definition) is 2. The Hall–Kier alpha value is -0.590. The van der Waals surface area contributed by atoms with Crippen molar-refractivity contribution in [3.8, 4) is 0 Å². The summed E-state index contributed by atoms with van der Waals surface area (Å²) < 4.78 is 35.1. The molecule has 2 N–H and O–H groups in total. The van der Waals surface area contributed by atoms with Crippen LogP contribution < -0.4 is 10.6 Å². The standard InChI is InChI=1S/C8H15F3N2OS/c1-6(4-15-2)3-12-7(14)13-5-8(9,10)11/h6H,3-5H2,1-2H3,(H2,12,13,14). The minimum Gasteiger partial charge on any atom is -0.338 e. The van der Waals surface area contributed by atoms with Crippen molar-refractivity contribution < 1.29 is 18.0 Å². The molecule has 3 nitrogen and oxygen atoms in total. The highest BCUT2D eigenvalue weighted by Gasteiger charge is 2.27. The van der Waals surface area contributed by atoms with E-state index < -0.39 is 18.8 Å². The lowest BCUT2D eigenvalue weighted by molar-refractivity contribution is -0.122. The number of carbonyl (C=O) groups excluding carboxylic acids is 1. The van der Waals surface area contributed by atoms with Gasteiger partial charge < -0.3 is 10.6 Å². The maximum Gasteiger partial charge on any atom is 0.405 e. The van der Waals surface area contributed by atoms with Crippen LogP contribution in [0, 0.1) is 5.92 Å². The van der Waals surface area contributed by atoms with Crippen LogP contribution >= 0.6 is 11.8 Å². The summed E-state index contributed by atoms with van der Waals surface area (Å²) in [7, 11) is 0. The minimum atomic E-state index is -4.36. The summed E-state index contributed by atoms with van der Waals surface area (Å²) in [6.07, 6.45) is -2.43. The second-order valence-electron chi connectivity index (χ2n) is 3.24. The lowest BCUT2D eigenvalue weighted by atomic mass is 10.2. The Balaban J connectivity index is 3.58. The summed E-state index contributed by atoms with van der Waals surface area (Å²) >= 11 is 1.63. The average Bonchev–Trinajstić information content (AvgIpc) is 2.11. The number of carbonyl (C=O) groups is 1. The summed E-state index contributed by atoms with van der Waals surface area (Å²) in [4.78, 5) is 10.9. The second-order valence-corrected chi connectivity index (χ2v) is 4.15. The molecular formula is C8H15F3N2OS. The fourth-order valence-electron chi connectivity index (χ4n) is 0.853. The molecule has 0 saturated heterocycles. The smallest absolute Gasteiger partial charge is 0.338 e. The fraction of sp³-hybridized carbons (Fsp3) is 0.875. The maximum absolute atomic E-state index is 11.7. The van der Waals surface area contributed by atoms with E-state index in [1.54, 1.807) is 17.1 Å². The van der Waals surface area contributed by atoms with Crippen LogP contribution in [0.1, 0.15) is 6.92 Å². The summed E-state index contributed by atoms with van der Waals surface area (Å²) in [6, 6.07) is -0.778. The van der Waals surface area contributed by atoms with Gasteiger partial charge in [-0.15, -0.1) is 0 Å². The third-order valence-electron chi connectivity index (χ3n) is 1.51. The van der Waals surface area contributed by atoms with Gasteiger partial charge in [0.05, 0.1) is 0 Å². The normalized spacial score (nSPS) is 13.4. The summed E-state index contributed by atoms with van der Waals surface area (Å²) in [5.41, 5.74) is 0. The highest BCUT2D eigenvalue weighted by atomic mass is 32.2. The van der Waals surface area contributed by atoms with Crippen molar-refractivity contribution in [1.29, 1.82) is 0 Å². The first-order chi connectivity index (χ1) is 6.85. The molecule has 0 fully saturated rings. The van der Waals surface area contributed by atoms with Crippen molar-refractivity contribution in [3.63, 3.8) is 0 Å². The molecule has 0 aliphatic heterocycles. The van der Waals surface area contributed by atoms with Crippen molar-refractivity contribution in [3.05, 3.63) is 0 Å². The lowest BCUT2D eigenvalue weighted by Crippen LogP contribution is -2.42. The highest BCUT2D eigenvalue weighted by molar-refractivity contribution is 7.98. The Morgan fingerprint density at radius 1 is 1.40 bits per heavy atom. The molecule has 90 valence electrons. The number of urea groups is 1. The van der Waals surface area contributed by atoms with Crippen molar-refractivity contribution in [1.82, 2.24) is 10.6 Å². The predicted octanol–water partition coefficient (Wildman–Crippen LogP) is 1.85. The number of thioether (sulfide) groups is 1. The Labute approximate surface area is 91.2 Å². The van der Waals surface area contributed by atoms with Gasteiger partial charge in [-0.2, -0.15) is 24.9 Å². The van der Waals surface area contributed by atoms with Gasteiger partial charge in [0.2, 0.25) is 0 Å². The first kappa shape index (κ1) is 14.4. The van der Waals surface area contributed by atoms with Crippen LogP contribution in [0.25, 0.3) is 0 Å². The molecule has 1 atom stereocenters. The van der Waals surface area contributed by atoms with Gasteiger partial charge in [0.1, 0.15) is 6.54 Å². The molecule has 0 aliphatic rings. The van der Waals surface area contributed by atoms with Crippen molar-refractivity contribution in [2.75, 3.05) is 25.1 Å². The van der Waals surface area contributed by atoms with E-state index >= 15 is 0 Å². The quantitative estimate of drug-likeness (QED) is 0.775. The van der Waals surface area contributed by atoms with Gasteiger partial charge >= 0.3 is 12.2 Å². The Kier molecular flexibility index (Phi) is 6.55. The molecule has 0 aromatic heterocycles. The molecule has 0 aromatic rings. The molecule has 2 amide bonds. The molecule has 0 aromatic carbocycles. The van der Waals surface area contributed by atoms with E-state index in [1.165, 1.54) is 0 Å². The third kappa shape index (κ3) is 9.71. The van der Waals surface area contributed by atoms with Crippen LogP contribution in [0.4, 0.5) is 18.0 Å². The van der Waals surface area contributed by atoms with Crippen LogP contribution in [0.15, 0.2) is 0 Å². The zero-order valence-electron chi connectivity index (χ0n) is 8.65. The van der Waals surface area contributed by atoms with Crippen LogP contribution in [0.2, 0.25) is 0 Å². The zero-order valence-corrected chi connectivity index (χ0v) is 9.47. The number of alkyl halides is 3. The van der Waals surface area contributed by atoms with Gasteiger partial charge in [-0.25, -0.2) is 4.79 Å². The Morgan fingerprint density at radius 2 is 2.00 bits per heavy atom. The van der Waals surface area contributed by atoms with E-state index in [1.807, 2.05) is 13.2 Å². The molecule has 1 unspecified atom stereocenters. The highest BCUT2D eigenvalue weighted by Crippen LogP contribution is 2.11. The van der Waals surface area contributed by atoms with Gasteiger partial charge in [-0.1, -0.05) is 6.92 Å². The van der Waals surface area contributed by atoms with E-state index in [4.69, 9.17) is 0 Å². The van der Waals surface area contributed by atoms with Gasteiger partial charge in [0, 0.05) is 6.54 Å². The van der Waals surface area contributed by atoms with Crippen molar-refractivity contribution >= 4 is 17.8 Å². The van der Waals surface area contributed by atoms with Crippen LogP contribution in [-0.4, -0.2) is 37.3 Å². The molecule has 0 radical (unpaired) electrons. The van der Waals surface area contributed by atoms with E-state index in [0.717, 1.165) is 5.75 Å². The third-order valence-corrected chi connectivity index (χ3v) is 2.41. The first-order valence-electron chi connectivity index (χ1n) is 4.42. The number of halogens is 3. The number of nitrogens with one attached hydrogen (secondary N) is 2. The van der Waals surface area contributed by atoms with E-state index in [0.29, 0.717) is 6.54 Å². The Morgan fingerprint density at radius 3 is 2.47 bits per heavy atom. The average molecular weight is 244 g/mol.